The third-order valence-electron chi connectivity index (χ3n) is 2.07. The Bertz CT molecular complexity index is 409. The monoisotopic (exact) mass is 248 g/mol. The van der Waals surface area contributed by atoms with E-state index in [0.717, 1.165) is 17.6 Å². The number of hydrogen-bond donors (Lipinski definition) is 0. The molecule has 0 aromatic rings. The lowest BCUT2D eigenvalue weighted by atomic mass is 10.2. The van der Waals surface area contributed by atoms with E-state index < -0.39 is 0 Å². The van der Waals surface area contributed by atoms with Crippen molar-refractivity contribution in [2.24, 2.45) is 0 Å². The minimum absolute atomic E-state index is 0.293. The van der Waals surface area contributed by atoms with E-state index in [4.69, 9.17) is 4.74 Å². The zero-order valence-corrected chi connectivity index (χ0v) is 11.4. The summed E-state index contributed by atoms with van der Waals surface area (Å²) in [5.74, 6) is 0.0388. The number of halogens is 1. The molecular weight excluding hydrogens is 227 g/mol. The molecule has 0 fully saturated rings. The van der Waals surface area contributed by atoms with Crippen LogP contribution >= 0.6 is 0 Å². The Morgan fingerprint density at radius 2 is 2.11 bits per heavy atom. The average molecular weight is 248 g/mol. The maximum atomic E-state index is 13.0. The van der Waals surface area contributed by atoms with Crippen LogP contribution < -0.4 is 0 Å². The van der Waals surface area contributed by atoms with E-state index in [1.807, 2.05) is 32.1 Å². The van der Waals surface area contributed by atoms with Crippen LogP contribution in [0.4, 0.5) is 4.39 Å². The van der Waals surface area contributed by atoms with Crippen molar-refractivity contribution in [3.8, 4) is 0 Å². The highest BCUT2D eigenvalue weighted by atomic mass is 19.1. The van der Waals surface area contributed by atoms with Crippen LogP contribution in [0.3, 0.4) is 0 Å². The van der Waals surface area contributed by atoms with Crippen molar-refractivity contribution in [1.82, 2.24) is 0 Å². The predicted octanol–water partition coefficient (Wildman–Crippen LogP) is 5.02. The summed E-state index contributed by atoms with van der Waals surface area (Å²) in [6, 6.07) is 0. The molecule has 0 radical (unpaired) electrons. The number of rotatable bonds is 3. The van der Waals surface area contributed by atoms with Gasteiger partial charge in [0.15, 0.2) is 11.6 Å². The summed E-state index contributed by atoms with van der Waals surface area (Å²) in [4.78, 5) is 0. The van der Waals surface area contributed by atoms with E-state index in [9.17, 15) is 4.39 Å². The van der Waals surface area contributed by atoms with E-state index in [1.165, 1.54) is 13.2 Å². The van der Waals surface area contributed by atoms with Gasteiger partial charge in [0, 0.05) is 0 Å². The molecule has 0 atom stereocenters. The number of methoxy groups -OCH3 is 1. The third kappa shape index (κ3) is 7.44. The average Bonchev–Trinajstić information content (AvgIpc) is 2.47. The molecule has 0 bridgehead atoms. The fourth-order valence-electron chi connectivity index (χ4n) is 1.19. The van der Waals surface area contributed by atoms with Gasteiger partial charge in [0.05, 0.1) is 7.11 Å². The van der Waals surface area contributed by atoms with Gasteiger partial charge in [-0.25, -0.2) is 4.39 Å². The predicted molar refractivity (Wildman–Crippen MR) is 76.8 cm³/mol. The van der Waals surface area contributed by atoms with Gasteiger partial charge in [-0.15, -0.1) is 0 Å². The van der Waals surface area contributed by atoms with E-state index in [-0.39, 0.29) is 5.83 Å². The lowest BCUT2D eigenvalue weighted by Crippen LogP contribution is -1.85. The van der Waals surface area contributed by atoms with Crippen LogP contribution in [0.15, 0.2) is 72.3 Å². The van der Waals surface area contributed by atoms with Crippen molar-refractivity contribution in [2.75, 3.05) is 7.11 Å². The molecule has 2 heteroatoms. The fourth-order valence-corrected chi connectivity index (χ4v) is 1.19. The van der Waals surface area contributed by atoms with Gasteiger partial charge in [-0.2, -0.15) is 0 Å². The fraction of sp³-hybridized carbons (Fsp3) is 0.250. The second kappa shape index (κ2) is 9.23. The first-order chi connectivity index (χ1) is 8.51. The Hall–Kier alpha value is -1.83. The molecule has 0 unspecified atom stereocenters. The van der Waals surface area contributed by atoms with E-state index >= 15 is 0 Å². The molecule has 1 aliphatic carbocycles. The molecule has 98 valence electrons. The molecule has 0 heterocycles. The molecule has 0 aromatic carbocycles. The lowest BCUT2D eigenvalue weighted by Gasteiger charge is -2.00. The number of hydrogen-bond acceptors (Lipinski definition) is 1. The molecule has 18 heavy (non-hydrogen) atoms. The summed E-state index contributed by atoms with van der Waals surface area (Å²) in [6.45, 7) is 11.0. The highest BCUT2D eigenvalue weighted by Gasteiger charge is 2.05. The quantitative estimate of drug-likeness (QED) is 0.637. The van der Waals surface area contributed by atoms with E-state index in [1.54, 1.807) is 12.2 Å². The Morgan fingerprint density at radius 3 is 2.56 bits per heavy atom. The van der Waals surface area contributed by atoms with Crippen molar-refractivity contribution < 1.29 is 9.13 Å². The molecule has 0 saturated carbocycles. The van der Waals surface area contributed by atoms with Crippen LogP contribution in [-0.4, -0.2) is 7.11 Å². The van der Waals surface area contributed by atoms with Gasteiger partial charge in [0.1, 0.15) is 0 Å². The Labute approximate surface area is 109 Å². The van der Waals surface area contributed by atoms with Crippen molar-refractivity contribution in [1.29, 1.82) is 0 Å². The van der Waals surface area contributed by atoms with Crippen LogP contribution in [0.1, 0.15) is 20.3 Å². The summed E-state index contributed by atoms with van der Waals surface area (Å²) in [5.41, 5.74) is 1.99. The first kappa shape index (κ1) is 16.2. The van der Waals surface area contributed by atoms with Gasteiger partial charge in [0.2, 0.25) is 0 Å². The first-order valence-corrected chi connectivity index (χ1v) is 5.74. The summed E-state index contributed by atoms with van der Waals surface area (Å²) < 4.78 is 17.8. The van der Waals surface area contributed by atoms with Gasteiger partial charge in [-0.05, 0) is 32.4 Å². The van der Waals surface area contributed by atoms with Crippen LogP contribution in [0, 0.1) is 0 Å². The standard InChI is InChI=1S/C9H11FO.C7H10/c1-7-4-3-5-9(11-2)8(10)6-7;1-4-5-6-7(2)3/h4-6H,3H2,1-2H3;4-6H,1-2H2,3H3/b;6-5-. The van der Waals surface area contributed by atoms with Gasteiger partial charge in [0.25, 0.3) is 0 Å². The third-order valence-corrected chi connectivity index (χ3v) is 2.07. The summed E-state index contributed by atoms with van der Waals surface area (Å²) in [6.07, 6.45) is 11.4. The molecule has 0 N–H and O–H groups in total. The summed E-state index contributed by atoms with van der Waals surface area (Å²) in [5, 5.41) is 0. The highest BCUT2D eigenvalue weighted by molar-refractivity contribution is 5.32. The highest BCUT2D eigenvalue weighted by Crippen LogP contribution is 2.19. The second-order valence-electron chi connectivity index (χ2n) is 3.89. The summed E-state index contributed by atoms with van der Waals surface area (Å²) in [7, 11) is 1.47. The minimum Gasteiger partial charge on any atom is -0.494 e. The molecular formula is C16H21FO. The van der Waals surface area contributed by atoms with Gasteiger partial charge in [-0.1, -0.05) is 48.6 Å². The number of allylic oxidation sites excluding steroid dienone is 9. The number of ether oxygens (including phenoxy) is 1. The summed E-state index contributed by atoms with van der Waals surface area (Å²) >= 11 is 0. The van der Waals surface area contributed by atoms with E-state index in [0.29, 0.717) is 5.76 Å². The van der Waals surface area contributed by atoms with Gasteiger partial charge < -0.3 is 4.74 Å². The molecule has 0 spiro atoms. The largest absolute Gasteiger partial charge is 0.494 e. The lowest BCUT2D eigenvalue weighted by molar-refractivity contribution is 0.282. The van der Waals surface area contributed by atoms with Crippen molar-refractivity contribution in [2.45, 2.75) is 20.3 Å². The molecule has 0 aliphatic heterocycles. The molecule has 0 amide bonds. The molecule has 1 aliphatic rings. The minimum atomic E-state index is -0.293. The topological polar surface area (TPSA) is 9.23 Å². The first-order valence-electron chi connectivity index (χ1n) is 5.74. The van der Waals surface area contributed by atoms with E-state index in [2.05, 4.69) is 13.2 Å². The van der Waals surface area contributed by atoms with Crippen molar-refractivity contribution in [3.05, 3.63) is 72.3 Å². The SMILES string of the molecule is C=C/C=C\C(=C)C.COC1=CCC=C(C)C=C1F. The van der Waals surface area contributed by atoms with Crippen molar-refractivity contribution in [3.63, 3.8) is 0 Å². The van der Waals surface area contributed by atoms with Crippen LogP contribution in [0.25, 0.3) is 0 Å². The van der Waals surface area contributed by atoms with Crippen molar-refractivity contribution >= 4 is 0 Å². The maximum Gasteiger partial charge on any atom is 0.164 e. The molecule has 0 aromatic heterocycles. The zero-order chi connectivity index (χ0) is 14.0. The second-order valence-corrected chi connectivity index (χ2v) is 3.89. The maximum absolute atomic E-state index is 13.0. The molecule has 1 nitrogen and oxygen atoms in total. The Morgan fingerprint density at radius 1 is 1.44 bits per heavy atom. The zero-order valence-electron chi connectivity index (χ0n) is 11.4. The smallest absolute Gasteiger partial charge is 0.164 e. The van der Waals surface area contributed by atoms with Crippen LogP contribution in [0.5, 0.6) is 0 Å². The molecule has 0 saturated heterocycles. The van der Waals surface area contributed by atoms with Crippen LogP contribution in [-0.2, 0) is 4.74 Å². The Balaban J connectivity index is 0.000000360. The van der Waals surface area contributed by atoms with Crippen LogP contribution in [0.2, 0.25) is 0 Å². The normalized spacial score (nSPS) is 14.6. The van der Waals surface area contributed by atoms with Gasteiger partial charge in [-0.3, -0.25) is 0 Å². The Kier molecular flexibility index (Phi) is 8.29. The van der Waals surface area contributed by atoms with Gasteiger partial charge >= 0.3 is 0 Å². The molecule has 1 rings (SSSR count).